The summed E-state index contributed by atoms with van der Waals surface area (Å²) < 4.78 is 14.8. The van der Waals surface area contributed by atoms with Crippen LogP contribution in [0.3, 0.4) is 0 Å². The van der Waals surface area contributed by atoms with Gasteiger partial charge in [-0.3, -0.25) is 0 Å². The van der Waals surface area contributed by atoms with Crippen molar-refractivity contribution in [2.24, 2.45) is 0 Å². The third-order valence-corrected chi connectivity index (χ3v) is 2.91. The first-order chi connectivity index (χ1) is 10.5. The maximum absolute atomic E-state index is 12.0. The van der Waals surface area contributed by atoms with Gasteiger partial charge in [-0.15, -0.1) is 0 Å². The van der Waals surface area contributed by atoms with Crippen LogP contribution in [0.5, 0.6) is 0 Å². The van der Waals surface area contributed by atoms with Crippen LogP contribution in [0.4, 0.5) is 0 Å². The fraction of sp³-hybridized carbons (Fsp3) is 0.438. The minimum absolute atomic E-state index is 0.110. The van der Waals surface area contributed by atoms with Gasteiger partial charge in [-0.2, -0.15) is 0 Å². The molecule has 0 heterocycles. The van der Waals surface area contributed by atoms with Crippen LogP contribution in [0.25, 0.3) is 0 Å². The Hall–Kier alpha value is -2.37. The molecule has 6 heteroatoms. The van der Waals surface area contributed by atoms with Crippen molar-refractivity contribution in [3.05, 3.63) is 34.4 Å². The van der Waals surface area contributed by atoms with Gasteiger partial charge >= 0.3 is 17.9 Å². The van der Waals surface area contributed by atoms with E-state index in [1.165, 1.54) is 12.1 Å². The van der Waals surface area contributed by atoms with E-state index < -0.39 is 17.9 Å². The number of carbonyl (C=O) groups excluding carboxylic acids is 3. The fourth-order valence-electron chi connectivity index (χ4n) is 1.89. The molecule has 0 radical (unpaired) electrons. The summed E-state index contributed by atoms with van der Waals surface area (Å²) in [6.45, 7) is 7.20. The molecule has 0 atom stereocenters. The van der Waals surface area contributed by atoms with Gasteiger partial charge in [0.15, 0.2) is 0 Å². The first kappa shape index (κ1) is 17.7. The molecule has 0 saturated heterocycles. The average molecular weight is 308 g/mol. The number of hydrogen-bond donors (Lipinski definition) is 0. The predicted molar refractivity (Wildman–Crippen MR) is 79.0 cm³/mol. The summed E-state index contributed by atoms with van der Waals surface area (Å²) in [4.78, 5) is 35.9. The molecule has 0 aromatic heterocycles. The lowest BCUT2D eigenvalue weighted by molar-refractivity contribution is 0.0523. The summed E-state index contributed by atoms with van der Waals surface area (Å²) >= 11 is 0. The molecule has 0 amide bonds. The third kappa shape index (κ3) is 4.07. The summed E-state index contributed by atoms with van der Waals surface area (Å²) in [7, 11) is 0. The highest BCUT2D eigenvalue weighted by molar-refractivity contribution is 6.02. The van der Waals surface area contributed by atoms with Crippen LogP contribution in [-0.4, -0.2) is 37.7 Å². The van der Waals surface area contributed by atoms with Crippen LogP contribution in [0, 0.1) is 6.92 Å². The molecular formula is C16H20O6. The van der Waals surface area contributed by atoms with E-state index in [-0.39, 0.29) is 36.5 Å². The highest BCUT2D eigenvalue weighted by Crippen LogP contribution is 2.20. The standard InChI is InChI=1S/C16H20O6/c1-5-20-14(17)11-8-12(15(18)21-6-2)10(4)13(9-11)16(19)22-7-3/h8-9H,5-7H2,1-4H3. The van der Waals surface area contributed by atoms with Crippen molar-refractivity contribution in [1.82, 2.24) is 0 Å². The summed E-state index contributed by atoms with van der Waals surface area (Å²) in [5.74, 6) is -1.81. The maximum atomic E-state index is 12.0. The van der Waals surface area contributed by atoms with E-state index in [1.54, 1.807) is 27.7 Å². The van der Waals surface area contributed by atoms with Gasteiger partial charge in [-0.05, 0) is 45.4 Å². The normalized spacial score (nSPS) is 10.0. The summed E-state index contributed by atoms with van der Waals surface area (Å²) in [6, 6.07) is 2.74. The molecule has 0 spiro atoms. The summed E-state index contributed by atoms with van der Waals surface area (Å²) in [5, 5.41) is 0. The minimum atomic E-state index is -0.612. The number of esters is 3. The summed E-state index contributed by atoms with van der Waals surface area (Å²) in [6.07, 6.45) is 0. The molecule has 0 aliphatic carbocycles. The molecule has 22 heavy (non-hydrogen) atoms. The smallest absolute Gasteiger partial charge is 0.338 e. The molecule has 0 saturated carbocycles. The fourth-order valence-corrected chi connectivity index (χ4v) is 1.89. The first-order valence-electron chi connectivity index (χ1n) is 7.12. The minimum Gasteiger partial charge on any atom is -0.462 e. The van der Waals surface area contributed by atoms with E-state index in [0.717, 1.165) is 0 Å². The quantitative estimate of drug-likeness (QED) is 0.593. The molecule has 1 aromatic rings. The SMILES string of the molecule is CCOC(=O)c1cc(C(=O)OCC)c(C)c(C(=O)OCC)c1. The predicted octanol–water partition coefficient (Wildman–Crippen LogP) is 2.53. The lowest BCUT2D eigenvalue weighted by Crippen LogP contribution is -2.16. The molecule has 120 valence electrons. The number of hydrogen-bond acceptors (Lipinski definition) is 6. The van der Waals surface area contributed by atoms with Crippen LogP contribution in [-0.2, 0) is 14.2 Å². The van der Waals surface area contributed by atoms with Gasteiger partial charge in [-0.25, -0.2) is 14.4 Å². The van der Waals surface area contributed by atoms with Crippen LogP contribution >= 0.6 is 0 Å². The van der Waals surface area contributed by atoms with Crippen LogP contribution < -0.4 is 0 Å². The zero-order valence-corrected chi connectivity index (χ0v) is 13.2. The Bertz CT molecular complexity index is 537. The van der Waals surface area contributed by atoms with Crippen molar-refractivity contribution in [2.75, 3.05) is 19.8 Å². The molecule has 0 bridgehead atoms. The number of benzene rings is 1. The Balaban J connectivity index is 3.39. The molecule has 0 N–H and O–H groups in total. The van der Waals surface area contributed by atoms with Gasteiger partial charge in [0.1, 0.15) is 0 Å². The highest BCUT2D eigenvalue weighted by Gasteiger charge is 2.22. The third-order valence-electron chi connectivity index (χ3n) is 2.91. The van der Waals surface area contributed by atoms with E-state index in [2.05, 4.69) is 0 Å². The van der Waals surface area contributed by atoms with Crippen molar-refractivity contribution in [1.29, 1.82) is 0 Å². The van der Waals surface area contributed by atoms with Gasteiger partial charge in [0, 0.05) is 0 Å². The molecule has 0 unspecified atom stereocenters. The number of carbonyl (C=O) groups is 3. The van der Waals surface area contributed by atoms with Crippen molar-refractivity contribution >= 4 is 17.9 Å². The van der Waals surface area contributed by atoms with Crippen molar-refractivity contribution < 1.29 is 28.6 Å². The Kier molecular flexibility index (Phi) is 6.56. The Morgan fingerprint density at radius 3 is 1.50 bits per heavy atom. The largest absolute Gasteiger partial charge is 0.462 e. The Labute approximate surface area is 129 Å². The van der Waals surface area contributed by atoms with Crippen molar-refractivity contribution in [3.8, 4) is 0 Å². The van der Waals surface area contributed by atoms with E-state index in [0.29, 0.717) is 5.56 Å². The van der Waals surface area contributed by atoms with E-state index in [1.807, 2.05) is 0 Å². The van der Waals surface area contributed by atoms with Gasteiger partial charge < -0.3 is 14.2 Å². The lowest BCUT2D eigenvalue weighted by Gasteiger charge is -2.12. The Morgan fingerprint density at radius 2 is 1.14 bits per heavy atom. The highest BCUT2D eigenvalue weighted by atomic mass is 16.5. The summed E-state index contributed by atoms with van der Waals surface area (Å²) in [5.41, 5.74) is 0.814. The molecule has 6 nitrogen and oxygen atoms in total. The molecule has 1 aromatic carbocycles. The first-order valence-corrected chi connectivity index (χ1v) is 7.12. The molecule has 0 aliphatic rings. The van der Waals surface area contributed by atoms with Crippen LogP contribution in [0.2, 0.25) is 0 Å². The van der Waals surface area contributed by atoms with Gasteiger partial charge in [-0.1, -0.05) is 0 Å². The van der Waals surface area contributed by atoms with E-state index in [4.69, 9.17) is 14.2 Å². The van der Waals surface area contributed by atoms with Crippen LogP contribution in [0.1, 0.15) is 57.4 Å². The Morgan fingerprint density at radius 1 is 0.773 bits per heavy atom. The maximum Gasteiger partial charge on any atom is 0.338 e. The van der Waals surface area contributed by atoms with Gasteiger partial charge in [0.2, 0.25) is 0 Å². The number of ether oxygens (including phenoxy) is 3. The van der Waals surface area contributed by atoms with Crippen molar-refractivity contribution in [3.63, 3.8) is 0 Å². The zero-order chi connectivity index (χ0) is 16.7. The monoisotopic (exact) mass is 308 g/mol. The second-order valence-corrected chi connectivity index (χ2v) is 4.36. The van der Waals surface area contributed by atoms with Gasteiger partial charge in [0.05, 0.1) is 36.5 Å². The topological polar surface area (TPSA) is 78.9 Å². The van der Waals surface area contributed by atoms with Crippen molar-refractivity contribution in [2.45, 2.75) is 27.7 Å². The molecule has 1 rings (SSSR count). The number of rotatable bonds is 6. The molecule has 0 aliphatic heterocycles. The zero-order valence-electron chi connectivity index (χ0n) is 13.2. The molecular weight excluding hydrogens is 288 g/mol. The average Bonchev–Trinajstić information content (AvgIpc) is 2.48. The van der Waals surface area contributed by atoms with E-state index in [9.17, 15) is 14.4 Å². The second-order valence-electron chi connectivity index (χ2n) is 4.36. The molecule has 0 fully saturated rings. The lowest BCUT2D eigenvalue weighted by atomic mass is 9.98. The van der Waals surface area contributed by atoms with E-state index >= 15 is 0 Å². The van der Waals surface area contributed by atoms with Crippen LogP contribution in [0.15, 0.2) is 12.1 Å². The van der Waals surface area contributed by atoms with Gasteiger partial charge in [0.25, 0.3) is 0 Å². The second kappa shape index (κ2) is 8.17.